The molecule has 0 saturated carbocycles. The predicted octanol–water partition coefficient (Wildman–Crippen LogP) is 0.775. The van der Waals surface area contributed by atoms with Gasteiger partial charge in [0.25, 0.3) is 0 Å². The molecule has 0 amide bonds. The predicted molar refractivity (Wildman–Crippen MR) is 82.7 cm³/mol. The number of hydrogen-bond donors (Lipinski definition) is 2. The fourth-order valence-corrected chi connectivity index (χ4v) is 2.66. The summed E-state index contributed by atoms with van der Waals surface area (Å²) in [4.78, 5) is 4.84. The van der Waals surface area contributed by atoms with Crippen molar-refractivity contribution >= 4 is 0 Å². The fraction of sp³-hybridized carbons (Fsp3) is 0.625. The van der Waals surface area contributed by atoms with E-state index in [0.717, 1.165) is 52.4 Å². The maximum absolute atomic E-state index is 9.56. The maximum Gasteiger partial charge on any atom is 0.0639 e. The van der Waals surface area contributed by atoms with Crippen LogP contribution in [0.1, 0.15) is 12.5 Å². The standard InChI is InChI=1S/C16H27N3O/c1-15(20)13-18-9-7-17-8-10-19(12-11-18)14-16-5-3-2-4-6-16/h2-6,15,17,20H,7-14H2,1H3/t15-/m0/s1. The summed E-state index contributed by atoms with van der Waals surface area (Å²) in [6.07, 6.45) is -0.252. The zero-order valence-electron chi connectivity index (χ0n) is 12.5. The van der Waals surface area contributed by atoms with Gasteiger partial charge in [-0.25, -0.2) is 0 Å². The highest BCUT2D eigenvalue weighted by molar-refractivity contribution is 5.14. The van der Waals surface area contributed by atoms with Crippen molar-refractivity contribution in [3.8, 4) is 0 Å². The lowest BCUT2D eigenvalue weighted by Crippen LogP contribution is -2.39. The highest BCUT2D eigenvalue weighted by Crippen LogP contribution is 2.05. The first-order valence-electron chi connectivity index (χ1n) is 7.61. The third kappa shape index (κ3) is 5.59. The lowest BCUT2D eigenvalue weighted by atomic mass is 10.2. The normalized spacial score (nSPS) is 20.9. The molecule has 4 nitrogen and oxygen atoms in total. The molecule has 20 heavy (non-hydrogen) atoms. The summed E-state index contributed by atoms with van der Waals surface area (Å²) in [7, 11) is 0. The number of nitrogens with zero attached hydrogens (tertiary/aromatic N) is 2. The third-order valence-electron chi connectivity index (χ3n) is 3.71. The number of β-amino-alcohol motifs (C(OH)–C–C–N with tert-alkyl or cyclic N) is 1. The second kappa shape index (κ2) is 8.37. The van der Waals surface area contributed by atoms with Crippen LogP contribution in [0.3, 0.4) is 0 Å². The molecule has 1 aliphatic rings. The molecule has 0 aliphatic carbocycles. The van der Waals surface area contributed by atoms with Crippen molar-refractivity contribution in [2.24, 2.45) is 0 Å². The number of hydrogen-bond acceptors (Lipinski definition) is 4. The van der Waals surface area contributed by atoms with E-state index in [1.54, 1.807) is 0 Å². The summed E-state index contributed by atoms with van der Waals surface area (Å²) in [6.45, 7) is 9.86. The van der Waals surface area contributed by atoms with Crippen LogP contribution < -0.4 is 5.32 Å². The smallest absolute Gasteiger partial charge is 0.0639 e. The van der Waals surface area contributed by atoms with Gasteiger partial charge in [-0.2, -0.15) is 0 Å². The van der Waals surface area contributed by atoms with Crippen LogP contribution in [0.2, 0.25) is 0 Å². The van der Waals surface area contributed by atoms with Gasteiger partial charge in [0.2, 0.25) is 0 Å². The van der Waals surface area contributed by atoms with E-state index >= 15 is 0 Å². The molecule has 4 heteroatoms. The molecule has 1 aromatic carbocycles. The lowest BCUT2D eigenvalue weighted by molar-refractivity contribution is 0.120. The highest BCUT2D eigenvalue weighted by atomic mass is 16.3. The van der Waals surface area contributed by atoms with Crippen molar-refractivity contribution < 1.29 is 5.11 Å². The molecule has 0 unspecified atom stereocenters. The molecule has 1 aliphatic heterocycles. The Bertz CT molecular complexity index is 369. The Morgan fingerprint density at radius 3 is 2.40 bits per heavy atom. The van der Waals surface area contributed by atoms with Crippen LogP contribution in [-0.2, 0) is 6.54 Å². The second-order valence-electron chi connectivity index (χ2n) is 5.66. The largest absolute Gasteiger partial charge is 0.392 e. The quantitative estimate of drug-likeness (QED) is 0.853. The van der Waals surface area contributed by atoms with Gasteiger partial charge in [0.15, 0.2) is 0 Å². The van der Waals surface area contributed by atoms with Gasteiger partial charge in [0.1, 0.15) is 0 Å². The van der Waals surface area contributed by atoms with E-state index in [1.807, 2.05) is 6.92 Å². The topological polar surface area (TPSA) is 38.7 Å². The SMILES string of the molecule is C[C@H](O)CN1CCNCCN(Cc2ccccc2)CC1. The van der Waals surface area contributed by atoms with Crippen molar-refractivity contribution in [1.29, 1.82) is 0 Å². The van der Waals surface area contributed by atoms with E-state index in [4.69, 9.17) is 0 Å². The number of benzene rings is 1. The minimum atomic E-state index is -0.252. The third-order valence-corrected chi connectivity index (χ3v) is 3.71. The maximum atomic E-state index is 9.56. The first-order valence-corrected chi connectivity index (χ1v) is 7.61. The van der Waals surface area contributed by atoms with Crippen molar-refractivity contribution in [3.05, 3.63) is 35.9 Å². The van der Waals surface area contributed by atoms with Crippen molar-refractivity contribution in [2.45, 2.75) is 19.6 Å². The Hall–Kier alpha value is -0.940. The van der Waals surface area contributed by atoms with Gasteiger partial charge in [-0.1, -0.05) is 30.3 Å². The molecule has 1 atom stereocenters. The molecular formula is C16H27N3O. The second-order valence-corrected chi connectivity index (χ2v) is 5.66. The number of nitrogens with one attached hydrogen (secondary N) is 1. The number of rotatable bonds is 4. The first-order chi connectivity index (χ1) is 9.74. The Morgan fingerprint density at radius 2 is 1.70 bits per heavy atom. The molecule has 2 N–H and O–H groups in total. The summed E-state index contributed by atoms with van der Waals surface area (Å²) in [5.74, 6) is 0. The van der Waals surface area contributed by atoms with E-state index in [2.05, 4.69) is 45.4 Å². The summed E-state index contributed by atoms with van der Waals surface area (Å²) in [5.41, 5.74) is 1.37. The molecule has 1 aromatic rings. The van der Waals surface area contributed by atoms with Gasteiger partial charge in [-0.05, 0) is 12.5 Å². The zero-order valence-corrected chi connectivity index (χ0v) is 12.5. The summed E-state index contributed by atoms with van der Waals surface area (Å²) in [6, 6.07) is 10.6. The van der Waals surface area contributed by atoms with Crippen molar-refractivity contribution in [3.63, 3.8) is 0 Å². The minimum absolute atomic E-state index is 0.252. The molecule has 0 aromatic heterocycles. The Morgan fingerprint density at radius 1 is 1.05 bits per heavy atom. The Balaban J connectivity index is 1.88. The van der Waals surface area contributed by atoms with Gasteiger partial charge in [0, 0.05) is 52.4 Å². The number of aliphatic hydroxyl groups excluding tert-OH is 1. The highest BCUT2D eigenvalue weighted by Gasteiger charge is 2.13. The molecule has 1 saturated heterocycles. The average Bonchev–Trinajstić information content (AvgIpc) is 2.53. The molecule has 1 fully saturated rings. The van der Waals surface area contributed by atoms with Gasteiger partial charge in [-0.15, -0.1) is 0 Å². The summed E-state index contributed by atoms with van der Waals surface area (Å²) < 4.78 is 0. The Labute approximate surface area is 122 Å². The van der Waals surface area contributed by atoms with Crippen LogP contribution >= 0.6 is 0 Å². The van der Waals surface area contributed by atoms with Crippen molar-refractivity contribution in [1.82, 2.24) is 15.1 Å². The number of aliphatic hydroxyl groups is 1. The lowest BCUT2D eigenvalue weighted by Gasteiger charge is -2.26. The first kappa shape index (κ1) is 15.4. The van der Waals surface area contributed by atoms with E-state index in [-0.39, 0.29) is 6.10 Å². The van der Waals surface area contributed by atoms with Crippen LogP contribution in [0.5, 0.6) is 0 Å². The molecule has 0 spiro atoms. The molecule has 112 valence electrons. The zero-order chi connectivity index (χ0) is 14.2. The molecule has 0 bridgehead atoms. The van der Waals surface area contributed by atoms with E-state index in [0.29, 0.717) is 0 Å². The Kier molecular flexibility index (Phi) is 6.47. The van der Waals surface area contributed by atoms with Gasteiger partial charge < -0.3 is 10.4 Å². The van der Waals surface area contributed by atoms with Crippen LogP contribution in [0.25, 0.3) is 0 Å². The summed E-state index contributed by atoms with van der Waals surface area (Å²) in [5, 5.41) is 13.0. The molecular weight excluding hydrogens is 250 g/mol. The van der Waals surface area contributed by atoms with Gasteiger partial charge in [0.05, 0.1) is 6.10 Å². The summed E-state index contributed by atoms with van der Waals surface area (Å²) >= 11 is 0. The van der Waals surface area contributed by atoms with E-state index < -0.39 is 0 Å². The monoisotopic (exact) mass is 277 g/mol. The van der Waals surface area contributed by atoms with Crippen LogP contribution in [-0.4, -0.2) is 66.8 Å². The van der Waals surface area contributed by atoms with Crippen LogP contribution in [0.4, 0.5) is 0 Å². The van der Waals surface area contributed by atoms with Gasteiger partial charge in [-0.3, -0.25) is 9.80 Å². The van der Waals surface area contributed by atoms with E-state index in [1.165, 1.54) is 5.56 Å². The van der Waals surface area contributed by atoms with Crippen molar-refractivity contribution in [2.75, 3.05) is 45.8 Å². The fourth-order valence-electron chi connectivity index (χ4n) is 2.66. The van der Waals surface area contributed by atoms with Gasteiger partial charge >= 0.3 is 0 Å². The van der Waals surface area contributed by atoms with Crippen LogP contribution in [0.15, 0.2) is 30.3 Å². The van der Waals surface area contributed by atoms with E-state index in [9.17, 15) is 5.11 Å². The molecule has 0 radical (unpaired) electrons. The minimum Gasteiger partial charge on any atom is -0.392 e. The van der Waals surface area contributed by atoms with Crippen LogP contribution in [0, 0.1) is 0 Å². The molecule has 2 rings (SSSR count). The average molecular weight is 277 g/mol. The molecule has 1 heterocycles.